The molecule has 6 nitrogen and oxygen atoms in total. The van der Waals surface area contributed by atoms with E-state index in [1.807, 2.05) is 6.92 Å². The highest BCUT2D eigenvalue weighted by atomic mass is 16.5. The highest BCUT2D eigenvalue weighted by molar-refractivity contribution is 5.30. The molecule has 3 N–H and O–H groups in total. The van der Waals surface area contributed by atoms with Crippen LogP contribution in [0.3, 0.4) is 0 Å². The summed E-state index contributed by atoms with van der Waals surface area (Å²) < 4.78 is 5.56. The number of piperidine rings is 1. The van der Waals surface area contributed by atoms with Gasteiger partial charge in [0.2, 0.25) is 5.95 Å². The standard InChI is InChI=1S/C14H27N5O/c1-5-14(3,20-4)11-16-12(18-17-11)19-8-6-13(2,10-15)7-9-19/h5-10,15H2,1-4H3,(H,16,17,18). The topological polar surface area (TPSA) is 80.1 Å². The van der Waals surface area contributed by atoms with Gasteiger partial charge in [0.05, 0.1) is 0 Å². The van der Waals surface area contributed by atoms with Crippen molar-refractivity contribution in [1.29, 1.82) is 0 Å². The summed E-state index contributed by atoms with van der Waals surface area (Å²) in [6.07, 6.45) is 3.02. The van der Waals surface area contributed by atoms with E-state index in [0.29, 0.717) is 0 Å². The molecule has 0 radical (unpaired) electrons. The maximum Gasteiger partial charge on any atom is 0.244 e. The maximum absolute atomic E-state index is 5.85. The molecule has 114 valence electrons. The molecule has 2 rings (SSSR count). The van der Waals surface area contributed by atoms with Crippen LogP contribution in [0.15, 0.2) is 0 Å². The largest absolute Gasteiger partial charge is 0.371 e. The summed E-state index contributed by atoms with van der Waals surface area (Å²) >= 11 is 0. The lowest BCUT2D eigenvalue weighted by Gasteiger charge is -2.38. The average Bonchev–Trinajstić information content (AvgIpc) is 2.97. The SMILES string of the molecule is CCC(C)(OC)c1nc(N2CCC(C)(CN)CC2)n[nH]1. The minimum atomic E-state index is -0.396. The third-order valence-corrected chi connectivity index (χ3v) is 4.85. The summed E-state index contributed by atoms with van der Waals surface area (Å²) in [6.45, 7) is 9.03. The molecule has 1 aromatic heterocycles. The fourth-order valence-corrected chi connectivity index (χ4v) is 2.49. The van der Waals surface area contributed by atoms with Crippen molar-refractivity contribution in [2.24, 2.45) is 11.1 Å². The number of hydrogen-bond acceptors (Lipinski definition) is 5. The van der Waals surface area contributed by atoms with E-state index in [2.05, 4.69) is 33.9 Å². The molecule has 0 spiro atoms. The summed E-state index contributed by atoms with van der Waals surface area (Å²) in [5.41, 5.74) is 5.71. The summed E-state index contributed by atoms with van der Waals surface area (Å²) in [4.78, 5) is 6.85. The number of nitrogens with one attached hydrogen (secondary N) is 1. The van der Waals surface area contributed by atoms with Crippen LogP contribution >= 0.6 is 0 Å². The van der Waals surface area contributed by atoms with Crippen LogP contribution in [0, 0.1) is 5.41 Å². The van der Waals surface area contributed by atoms with Crippen LogP contribution in [-0.2, 0) is 10.3 Å². The molecule has 1 aliphatic rings. The molecule has 0 bridgehead atoms. The van der Waals surface area contributed by atoms with Gasteiger partial charge < -0.3 is 15.4 Å². The van der Waals surface area contributed by atoms with Gasteiger partial charge in [-0.15, -0.1) is 5.10 Å². The molecular weight excluding hydrogens is 254 g/mol. The van der Waals surface area contributed by atoms with Gasteiger partial charge in [0, 0.05) is 20.2 Å². The number of rotatable bonds is 5. The summed E-state index contributed by atoms with van der Waals surface area (Å²) in [6, 6.07) is 0. The smallest absolute Gasteiger partial charge is 0.244 e. The molecule has 1 aromatic rings. The van der Waals surface area contributed by atoms with Gasteiger partial charge in [-0.2, -0.15) is 4.98 Å². The number of ether oxygens (including phenoxy) is 1. The van der Waals surface area contributed by atoms with Crippen LogP contribution in [0.2, 0.25) is 0 Å². The molecule has 1 fully saturated rings. The molecular formula is C14H27N5O. The number of hydrogen-bond donors (Lipinski definition) is 2. The van der Waals surface area contributed by atoms with E-state index >= 15 is 0 Å². The molecule has 0 amide bonds. The summed E-state index contributed by atoms with van der Waals surface area (Å²) in [5.74, 6) is 1.57. The molecule has 1 aliphatic heterocycles. The molecule has 20 heavy (non-hydrogen) atoms. The highest BCUT2D eigenvalue weighted by Crippen LogP contribution is 2.32. The number of aromatic nitrogens is 3. The monoisotopic (exact) mass is 281 g/mol. The Balaban J connectivity index is 2.07. The molecule has 1 unspecified atom stereocenters. The molecule has 2 heterocycles. The zero-order chi connectivity index (χ0) is 14.8. The first-order valence-electron chi connectivity index (χ1n) is 7.39. The average molecular weight is 281 g/mol. The summed E-state index contributed by atoms with van der Waals surface area (Å²) in [7, 11) is 1.71. The van der Waals surface area contributed by atoms with Gasteiger partial charge in [0.15, 0.2) is 5.82 Å². The van der Waals surface area contributed by atoms with E-state index in [0.717, 1.165) is 50.7 Å². The lowest BCUT2D eigenvalue weighted by atomic mass is 9.81. The second kappa shape index (κ2) is 5.69. The first kappa shape index (κ1) is 15.3. The van der Waals surface area contributed by atoms with Crippen molar-refractivity contribution < 1.29 is 4.74 Å². The predicted octanol–water partition coefficient (Wildman–Crippen LogP) is 1.64. The van der Waals surface area contributed by atoms with E-state index < -0.39 is 5.60 Å². The lowest BCUT2D eigenvalue weighted by molar-refractivity contribution is -0.00865. The second-order valence-electron chi connectivity index (χ2n) is 6.27. The van der Waals surface area contributed by atoms with Crippen molar-refractivity contribution in [1.82, 2.24) is 15.2 Å². The number of methoxy groups -OCH3 is 1. The maximum atomic E-state index is 5.85. The zero-order valence-corrected chi connectivity index (χ0v) is 13.1. The first-order chi connectivity index (χ1) is 9.46. The molecule has 0 saturated carbocycles. The Labute approximate surface area is 121 Å². The van der Waals surface area contributed by atoms with E-state index in [1.54, 1.807) is 7.11 Å². The van der Waals surface area contributed by atoms with Crippen molar-refractivity contribution in [2.45, 2.75) is 45.6 Å². The van der Waals surface area contributed by atoms with Crippen molar-refractivity contribution in [3.8, 4) is 0 Å². The number of H-pyrrole nitrogens is 1. The van der Waals surface area contributed by atoms with E-state index in [4.69, 9.17) is 10.5 Å². The number of aromatic amines is 1. The Bertz CT molecular complexity index is 433. The Morgan fingerprint density at radius 1 is 1.45 bits per heavy atom. The Kier molecular flexibility index (Phi) is 4.34. The van der Waals surface area contributed by atoms with Gasteiger partial charge in [0.1, 0.15) is 5.60 Å². The van der Waals surface area contributed by atoms with Gasteiger partial charge in [-0.25, -0.2) is 0 Å². The van der Waals surface area contributed by atoms with Gasteiger partial charge in [-0.3, -0.25) is 5.10 Å². The minimum absolute atomic E-state index is 0.264. The fraction of sp³-hybridized carbons (Fsp3) is 0.857. The molecule has 6 heteroatoms. The lowest BCUT2D eigenvalue weighted by Crippen LogP contribution is -2.42. The molecule has 0 aliphatic carbocycles. The van der Waals surface area contributed by atoms with Crippen LogP contribution in [-0.4, -0.2) is 41.9 Å². The third kappa shape index (κ3) is 2.81. The predicted molar refractivity (Wildman–Crippen MR) is 79.6 cm³/mol. The zero-order valence-electron chi connectivity index (χ0n) is 13.1. The second-order valence-corrected chi connectivity index (χ2v) is 6.27. The van der Waals surface area contributed by atoms with Gasteiger partial charge in [-0.1, -0.05) is 13.8 Å². The van der Waals surface area contributed by atoms with Crippen molar-refractivity contribution in [3.05, 3.63) is 5.82 Å². The van der Waals surface area contributed by atoms with Crippen LogP contribution in [0.1, 0.15) is 45.9 Å². The number of nitrogens with zero attached hydrogens (tertiary/aromatic N) is 3. The summed E-state index contributed by atoms with van der Waals surface area (Å²) in [5, 5.41) is 7.38. The molecule has 1 atom stereocenters. The Morgan fingerprint density at radius 2 is 2.10 bits per heavy atom. The van der Waals surface area contributed by atoms with Crippen LogP contribution < -0.4 is 10.6 Å². The fourth-order valence-electron chi connectivity index (χ4n) is 2.49. The van der Waals surface area contributed by atoms with Gasteiger partial charge in [-0.05, 0) is 38.1 Å². The molecule has 1 saturated heterocycles. The minimum Gasteiger partial charge on any atom is -0.371 e. The van der Waals surface area contributed by atoms with Crippen LogP contribution in [0.25, 0.3) is 0 Å². The third-order valence-electron chi connectivity index (χ3n) is 4.85. The van der Waals surface area contributed by atoms with Crippen LogP contribution in [0.4, 0.5) is 5.95 Å². The van der Waals surface area contributed by atoms with E-state index in [1.165, 1.54) is 0 Å². The molecule has 0 aromatic carbocycles. The Morgan fingerprint density at radius 3 is 2.60 bits per heavy atom. The quantitative estimate of drug-likeness (QED) is 0.857. The number of nitrogens with two attached hydrogens (primary N) is 1. The van der Waals surface area contributed by atoms with Crippen molar-refractivity contribution >= 4 is 5.95 Å². The normalized spacial score (nSPS) is 21.8. The van der Waals surface area contributed by atoms with Crippen molar-refractivity contribution in [3.63, 3.8) is 0 Å². The van der Waals surface area contributed by atoms with Crippen molar-refractivity contribution in [2.75, 3.05) is 31.6 Å². The first-order valence-corrected chi connectivity index (χ1v) is 7.39. The van der Waals surface area contributed by atoms with Gasteiger partial charge >= 0.3 is 0 Å². The van der Waals surface area contributed by atoms with E-state index in [-0.39, 0.29) is 5.41 Å². The van der Waals surface area contributed by atoms with E-state index in [9.17, 15) is 0 Å². The number of anilines is 1. The highest BCUT2D eigenvalue weighted by Gasteiger charge is 2.32. The van der Waals surface area contributed by atoms with Crippen LogP contribution in [0.5, 0.6) is 0 Å². The van der Waals surface area contributed by atoms with Gasteiger partial charge in [0.25, 0.3) is 0 Å². The Hall–Kier alpha value is -1.14.